The number of hydrogen-bond donors (Lipinski definition) is 1. The van der Waals surface area contributed by atoms with Crippen LogP contribution in [0.15, 0.2) is 24.3 Å². The van der Waals surface area contributed by atoms with E-state index < -0.39 is 5.97 Å². The first kappa shape index (κ1) is 14.9. The van der Waals surface area contributed by atoms with E-state index in [1.54, 1.807) is 0 Å². The van der Waals surface area contributed by atoms with Crippen molar-refractivity contribution in [1.29, 1.82) is 0 Å². The summed E-state index contributed by atoms with van der Waals surface area (Å²) in [6.07, 6.45) is 1.50. The topological polar surface area (TPSA) is 72.5 Å². The first-order chi connectivity index (χ1) is 9.06. The maximum absolute atomic E-state index is 11.6. The molecule has 1 atom stereocenters. The van der Waals surface area contributed by atoms with Crippen molar-refractivity contribution in [2.24, 2.45) is 0 Å². The molecule has 1 rings (SSSR count). The standard InChI is InChI=1S/C14H17NO4/c1-3-10(2)15-13(17)9-19-14(18)12-6-4-11(8-16)5-7-12/h4-8,10H,3,9H2,1-2H3,(H,15,17)/t10-/m0/s1. The van der Waals surface area contributed by atoms with Crippen molar-refractivity contribution in [1.82, 2.24) is 5.32 Å². The van der Waals surface area contributed by atoms with Gasteiger partial charge in [0.1, 0.15) is 6.29 Å². The summed E-state index contributed by atoms with van der Waals surface area (Å²) >= 11 is 0. The molecular weight excluding hydrogens is 246 g/mol. The van der Waals surface area contributed by atoms with Gasteiger partial charge in [-0.2, -0.15) is 0 Å². The van der Waals surface area contributed by atoms with Gasteiger partial charge in [-0.05, 0) is 25.5 Å². The van der Waals surface area contributed by atoms with Crippen LogP contribution in [0.3, 0.4) is 0 Å². The van der Waals surface area contributed by atoms with Crippen molar-refractivity contribution in [3.8, 4) is 0 Å². The minimum atomic E-state index is -0.586. The van der Waals surface area contributed by atoms with Gasteiger partial charge in [-0.15, -0.1) is 0 Å². The lowest BCUT2D eigenvalue weighted by molar-refractivity contribution is -0.124. The smallest absolute Gasteiger partial charge is 0.338 e. The molecule has 0 aromatic heterocycles. The van der Waals surface area contributed by atoms with Crippen LogP contribution in [0, 0.1) is 0 Å². The number of benzene rings is 1. The highest BCUT2D eigenvalue weighted by Gasteiger charge is 2.11. The molecule has 1 aromatic rings. The third-order valence-electron chi connectivity index (χ3n) is 2.64. The van der Waals surface area contributed by atoms with Crippen LogP contribution in [0.5, 0.6) is 0 Å². The zero-order chi connectivity index (χ0) is 14.3. The summed E-state index contributed by atoms with van der Waals surface area (Å²) in [5.41, 5.74) is 0.785. The van der Waals surface area contributed by atoms with Crippen molar-refractivity contribution >= 4 is 18.2 Å². The van der Waals surface area contributed by atoms with Crippen LogP contribution in [-0.2, 0) is 9.53 Å². The quantitative estimate of drug-likeness (QED) is 0.624. The highest BCUT2D eigenvalue weighted by Crippen LogP contribution is 2.04. The number of amides is 1. The third kappa shape index (κ3) is 4.91. The second-order valence-corrected chi connectivity index (χ2v) is 4.19. The van der Waals surface area contributed by atoms with E-state index in [4.69, 9.17) is 4.74 Å². The summed E-state index contributed by atoms with van der Waals surface area (Å²) in [6, 6.07) is 6.06. The van der Waals surface area contributed by atoms with Gasteiger partial charge in [-0.25, -0.2) is 4.79 Å². The van der Waals surface area contributed by atoms with Crippen LogP contribution >= 0.6 is 0 Å². The first-order valence-electron chi connectivity index (χ1n) is 6.08. The van der Waals surface area contributed by atoms with Crippen molar-refractivity contribution < 1.29 is 19.1 Å². The van der Waals surface area contributed by atoms with E-state index in [2.05, 4.69) is 5.32 Å². The Morgan fingerprint density at radius 3 is 2.47 bits per heavy atom. The lowest BCUT2D eigenvalue weighted by Crippen LogP contribution is -2.35. The zero-order valence-corrected chi connectivity index (χ0v) is 11.0. The van der Waals surface area contributed by atoms with Crippen molar-refractivity contribution in [3.05, 3.63) is 35.4 Å². The van der Waals surface area contributed by atoms with Gasteiger partial charge in [0.15, 0.2) is 6.61 Å². The van der Waals surface area contributed by atoms with E-state index in [9.17, 15) is 14.4 Å². The van der Waals surface area contributed by atoms with Gasteiger partial charge in [0.25, 0.3) is 5.91 Å². The molecule has 1 aromatic carbocycles. The van der Waals surface area contributed by atoms with Crippen molar-refractivity contribution in [3.63, 3.8) is 0 Å². The molecule has 0 radical (unpaired) electrons. The van der Waals surface area contributed by atoms with Gasteiger partial charge in [0, 0.05) is 11.6 Å². The van der Waals surface area contributed by atoms with Crippen LogP contribution < -0.4 is 5.32 Å². The monoisotopic (exact) mass is 263 g/mol. The van der Waals surface area contributed by atoms with E-state index in [-0.39, 0.29) is 18.6 Å². The van der Waals surface area contributed by atoms with Gasteiger partial charge < -0.3 is 10.1 Å². The summed E-state index contributed by atoms with van der Waals surface area (Å²) in [5.74, 6) is -0.913. The summed E-state index contributed by atoms with van der Waals surface area (Å²) in [5, 5.41) is 2.69. The van der Waals surface area contributed by atoms with Crippen LogP contribution in [-0.4, -0.2) is 30.8 Å². The molecule has 102 valence electrons. The maximum Gasteiger partial charge on any atom is 0.338 e. The number of hydrogen-bond acceptors (Lipinski definition) is 4. The van der Waals surface area contributed by atoms with Gasteiger partial charge in [-0.3, -0.25) is 9.59 Å². The Morgan fingerprint density at radius 2 is 1.95 bits per heavy atom. The molecule has 0 heterocycles. The number of esters is 1. The summed E-state index contributed by atoms with van der Waals surface area (Å²) in [7, 11) is 0. The number of aldehydes is 1. The highest BCUT2D eigenvalue weighted by atomic mass is 16.5. The number of carbonyl (C=O) groups is 3. The van der Waals surface area contributed by atoms with E-state index >= 15 is 0 Å². The van der Waals surface area contributed by atoms with Gasteiger partial charge in [0.2, 0.25) is 0 Å². The molecule has 0 fully saturated rings. The minimum absolute atomic E-state index is 0.0538. The second-order valence-electron chi connectivity index (χ2n) is 4.19. The normalized spacial score (nSPS) is 11.5. The van der Waals surface area contributed by atoms with Crippen LogP contribution in [0.2, 0.25) is 0 Å². The Kier molecular flexibility index (Phi) is 5.73. The molecule has 0 aliphatic carbocycles. The Bertz CT molecular complexity index is 453. The molecule has 1 N–H and O–H groups in total. The first-order valence-corrected chi connectivity index (χ1v) is 6.08. The number of ether oxygens (including phenoxy) is 1. The van der Waals surface area contributed by atoms with Crippen LogP contribution in [0.1, 0.15) is 41.0 Å². The molecule has 0 aliphatic heterocycles. The molecule has 0 saturated heterocycles. The Hall–Kier alpha value is -2.17. The average molecular weight is 263 g/mol. The predicted molar refractivity (Wildman–Crippen MR) is 70.0 cm³/mol. The summed E-state index contributed by atoms with van der Waals surface area (Å²) < 4.78 is 4.87. The predicted octanol–water partition coefficient (Wildman–Crippen LogP) is 1.57. The Morgan fingerprint density at radius 1 is 1.32 bits per heavy atom. The fraction of sp³-hybridized carbons (Fsp3) is 0.357. The molecule has 0 bridgehead atoms. The Labute approximate surface area is 111 Å². The van der Waals surface area contributed by atoms with Crippen molar-refractivity contribution in [2.45, 2.75) is 26.3 Å². The highest BCUT2D eigenvalue weighted by molar-refractivity contribution is 5.92. The fourth-order valence-corrected chi connectivity index (χ4v) is 1.33. The molecule has 19 heavy (non-hydrogen) atoms. The minimum Gasteiger partial charge on any atom is -0.452 e. The lowest BCUT2D eigenvalue weighted by atomic mass is 10.1. The number of rotatable bonds is 6. The lowest BCUT2D eigenvalue weighted by Gasteiger charge is -2.11. The third-order valence-corrected chi connectivity index (χ3v) is 2.64. The average Bonchev–Trinajstić information content (AvgIpc) is 2.44. The second kappa shape index (κ2) is 7.31. The van der Waals surface area contributed by atoms with Crippen molar-refractivity contribution in [2.75, 3.05) is 6.61 Å². The molecule has 0 spiro atoms. The van der Waals surface area contributed by atoms with E-state index in [1.165, 1.54) is 24.3 Å². The molecule has 0 aliphatic rings. The molecule has 5 nitrogen and oxygen atoms in total. The van der Waals surface area contributed by atoms with Crippen LogP contribution in [0.25, 0.3) is 0 Å². The molecular formula is C14H17NO4. The zero-order valence-electron chi connectivity index (χ0n) is 11.0. The number of carbonyl (C=O) groups excluding carboxylic acids is 3. The maximum atomic E-state index is 11.6. The van der Waals surface area contributed by atoms with Gasteiger partial charge in [0.05, 0.1) is 5.56 Å². The largest absolute Gasteiger partial charge is 0.452 e. The fourth-order valence-electron chi connectivity index (χ4n) is 1.33. The summed E-state index contributed by atoms with van der Waals surface area (Å²) in [4.78, 5) is 33.5. The molecule has 1 amide bonds. The van der Waals surface area contributed by atoms with Crippen LogP contribution in [0.4, 0.5) is 0 Å². The Balaban J connectivity index is 2.46. The van der Waals surface area contributed by atoms with Gasteiger partial charge >= 0.3 is 5.97 Å². The van der Waals surface area contributed by atoms with E-state index in [1.807, 2.05) is 13.8 Å². The van der Waals surface area contributed by atoms with E-state index in [0.29, 0.717) is 17.4 Å². The molecule has 0 saturated carbocycles. The SMILES string of the molecule is CC[C@H](C)NC(=O)COC(=O)c1ccc(C=O)cc1. The van der Waals surface area contributed by atoms with Gasteiger partial charge in [-0.1, -0.05) is 19.1 Å². The molecule has 0 unspecified atom stereocenters. The number of nitrogens with one attached hydrogen (secondary N) is 1. The van der Waals surface area contributed by atoms with E-state index in [0.717, 1.165) is 6.42 Å². The summed E-state index contributed by atoms with van der Waals surface area (Å²) in [6.45, 7) is 3.52. The molecule has 5 heteroatoms.